The van der Waals surface area contributed by atoms with Crippen molar-refractivity contribution in [2.24, 2.45) is 5.73 Å². The fraction of sp³-hybridized carbons (Fsp3) is 0.312. The highest BCUT2D eigenvalue weighted by molar-refractivity contribution is 9.10. The van der Waals surface area contributed by atoms with Crippen LogP contribution in [0, 0.1) is 0 Å². The van der Waals surface area contributed by atoms with Gasteiger partial charge in [0.2, 0.25) is 0 Å². The van der Waals surface area contributed by atoms with E-state index in [0.717, 1.165) is 5.56 Å². The molecule has 134 valence electrons. The zero-order valence-corrected chi connectivity index (χ0v) is 16.3. The second-order valence-corrected chi connectivity index (χ2v) is 6.68. The number of primary amides is 1. The Morgan fingerprint density at radius 1 is 1.40 bits per heavy atom. The van der Waals surface area contributed by atoms with Crippen LogP contribution in [-0.2, 0) is 9.59 Å². The van der Waals surface area contributed by atoms with Crippen molar-refractivity contribution in [2.75, 3.05) is 13.7 Å². The number of carbonyl (C=O) groups is 2. The normalized spacial score (nSPS) is 16.8. The largest absolute Gasteiger partial charge is 0.493 e. The molecule has 0 bridgehead atoms. The van der Waals surface area contributed by atoms with Gasteiger partial charge in [0.1, 0.15) is 0 Å². The van der Waals surface area contributed by atoms with Gasteiger partial charge >= 0.3 is 0 Å². The van der Waals surface area contributed by atoms with E-state index in [-0.39, 0.29) is 12.4 Å². The molecule has 0 saturated heterocycles. The molecule has 9 heteroatoms. The van der Waals surface area contributed by atoms with Crippen molar-refractivity contribution in [3.05, 3.63) is 33.4 Å². The van der Waals surface area contributed by atoms with Crippen molar-refractivity contribution >= 4 is 45.0 Å². The van der Waals surface area contributed by atoms with Gasteiger partial charge in [-0.3, -0.25) is 9.59 Å². The second-order valence-electron chi connectivity index (χ2n) is 5.42. The summed E-state index contributed by atoms with van der Waals surface area (Å²) < 4.78 is 11.3. The minimum absolute atomic E-state index is 0.0749. The Bertz CT molecular complexity index is 779. The van der Waals surface area contributed by atoms with Crippen molar-refractivity contribution in [3.63, 3.8) is 0 Å². The molecule has 1 aromatic carbocycles. The Balaban J connectivity index is 2.50. The number of nitrogens with two attached hydrogens (primary N) is 1. The van der Waals surface area contributed by atoms with E-state index in [1.807, 2.05) is 0 Å². The Morgan fingerprint density at radius 3 is 2.64 bits per heavy atom. The first-order chi connectivity index (χ1) is 11.7. The summed E-state index contributed by atoms with van der Waals surface area (Å²) >= 11 is 8.61. The third kappa shape index (κ3) is 4.29. The Morgan fingerprint density at radius 2 is 2.08 bits per heavy atom. The van der Waals surface area contributed by atoms with Gasteiger partial charge in [-0.2, -0.15) is 0 Å². The average Bonchev–Trinajstić information content (AvgIpc) is 2.51. The average molecular weight is 428 g/mol. The molecule has 1 amide bonds. The number of ether oxygens (including phenoxy) is 2. The van der Waals surface area contributed by atoms with Gasteiger partial charge in [-0.15, -0.1) is 0 Å². The SMILES string of the molecule is COc1cc([C@@H]2NC(=S)NC(C)=C2C(C)=O)cc(Br)c1OCC(N)=O. The Hall–Kier alpha value is -2.13. The number of thiocarbonyl (C=S) groups is 1. The number of carbonyl (C=O) groups excluding carboxylic acids is 2. The lowest BCUT2D eigenvalue weighted by Gasteiger charge is -2.30. The van der Waals surface area contributed by atoms with Gasteiger partial charge in [0.05, 0.1) is 17.6 Å². The summed E-state index contributed by atoms with van der Waals surface area (Å²) in [5, 5.41) is 6.48. The van der Waals surface area contributed by atoms with Crippen molar-refractivity contribution in [2.45, 2.75) is 19.9 Å². The molecule has 0 saturated carbocycles. The molecule has 0 radical (unpaired) electrons. The fourth-order valence-electron chi connectivity index (χ4n) is 2.60. The highest BCUT2D eigenvalue weighted by Gasteiger charge is 2.29. The molecule has 0 fully saturated rings. The molecule has 1 aromatic rings. The van der Waals surface area contributed by atoms with E-state index in [2.05, 4.69) is 26.6 Å². The lowest BCUT2D eigenvalue weighted by Crippen LogP contribution is -2.44. The van der Waals surface area contributed by atoms with Gasteiger partial charge in [0.25, 0.3) is 5.91 Å². The standard InChI is InChI=1S/C16H18BrN3O4S/c1-7-13(8(2)21)14(20-16(25)19-7)9-4-10(17)15(11(5-9)23-3)24-6-12(18)22/h4-5,14H,6H2,1-3H3,(H2,18,22)(H2,19,20,25)/t14-/m0/s1. The van der Waals surface area contributed by atoms with Gasteiger partial charge in [0.15, 0.2) is 29.0 Å². The van der Waals surface area contributed by atoms with Crippen LogP contribution < -0.4 is 25.8 Å². The molecular weight excluding hydrogens is 410 g/mol. The first-order valence-electron chi connectivity index (χ1n) is 7.32. The molecule has 1 heterocycles. The quantitative estimate of drug-likeness (QED) is 0.593. The summed E-state index contributed by atoms with van der Waals surface area (Å²) in [5.41, 5.74) is 7.15. The molecule has 0 aliphatic carbocycles. The molecule has 2 rings (SSSR count). The number of Topliss-reactive ketones (excluding diaryl/α,β-unsaturated/α-hetero) is 1. The van der Waals surface area contributed by atoms with Crippen LogP contribution in [0.1, 0.15) is 25.5 Å². The summed E-state index contributed by atoms with van der Waals surface area (Å²) in [6.45, 7) is 3.02. The zero-order chi connectivity index (χ0) is 18.7. The number of benzene rings is 1. The zero-order valence-electron chi connectivity index (χ0n) is 13.9. The monoisotopic (exact) mass is 427 g/mol. The molecule has 0 aromatic heterocycles. The van der Waals surface area contributed by atoms with E-state index in [4.69, 9.17) is 27.4 Å². The predicted octanol–water partition coefficient (Wildman–Crippen LogP) is 1.70. The highest BCUT2D eigenvalue weighted by Crippen LogP contribution is 2.40. The van der Waals surface area contributed by atoms with E-state index < -0.39 is 11.9 Å². The van der Waals surface area contributed by atoms with Crippen LogP contribution in [0.3, 0.4) is 0 Å². The highest BCUT2D eigenvalue weighted by atomic mass is 79.9. The van der Waals surface area contributed by atoms with Gasteiger partial charge < -0.3 is 25.8 Å². The van der Waals surface area contributed by atoms with Crippen molar-refractivity contribution in [3.8, 4) is 11.5 Å². The topological polar surface area (TPSA) is 103 Å². The van der Waals surface area contributed by atoms with Crippen molar-refractivity contribution in [1.82, 2.24) is 10.6 Å². The maximum absolute atomic E-state index is 12.1. The maximum atomic E-state index is 12.1. The van der Waals surface area contributed by atoms with Crippen LogP contribution in [0.25, 0.3) is 0 Å². The number of rotatable bonds is 6. The minimum atomic E-state index is -0.596. The lowest BCUT2D eigenvalue weighted by molar-refractivity contribution is -0.120. The molecule has 1 aliphatic heterocycles. The number of hydrogen-bond acceptors (Lipinski definition) is 5. The minimum Gasteiger partial charge on any atom is -0.493 e. The molecule has 7 nitrogen and oxygen atoms in total. The summed E-state index contributed by atoms with van der Waals surface area (Å²) in [6, 6.07) is 3.07. The molecule has 25 heavy (non-hydrogen) atoms. The summed E-state index contributed by atoms with van der Waals surface area (Å²) in [5.74, 6) is 0.0824. The van der Waals surface area contributed by atoms with Crippen LogP contribution in [0.4, 0.5) is 0 Å². The van der Waals surface area contributed by atoms with Crippen LogP contribution in [0.2, 0.25) is 0 Å². The molecule has 0 spiro atoms. The van der Waals surface area contributed by atoms with Crippen LogP contribution in [0.5, 0.6) is 11.5 Å². The first-order valence-corrected chi connectivity index (χ1v) is 8.52. The maximum Gasteiger partial charge on any atom is 0.255 e. The van der Waals surface area contributed by atoms with Crippen molar-refractivity contribution < 1.29 is 19.1 Å². The number of ketones is 1. The number of methoxy groups -OCH3 is 1. The van der Waals surface area contributed by atoms with E-state index >= 15 is 0 Å². The van der Waals surface area contributed by atoms with Crippen molar-refractivity contribution in [1.29, 1.82) is 0 Å². The number of nitrogens with one attached hydrogen (secondary N) is 2. The van der Waals surface area contributed by atoms with E-state index in [0.29, 0.717) is 32.4 Å². The van der Waals surface area contributed by atoms with Gasteiger partial charge in [-0.05, 0) is 59.7 Å². The van der Waals surface area contributed by atoms with Gasteiger partial charge in [-0.25, -0.2) is 0 Å². The Labute approximate surface area is 159 Å². The number of amides is 1. The van der Waals surface area contributed by atoms with Gasteiger partial charge in [0, 0.05) is 11.3 Å². The molecule has 1 aliphatic rings. The number of hydrogen-bond donors (Lipinski definition) is 3. The first kappa shape index (κ1) is 19.2. The van der Waals surface area contributed by atoms with Crippen LogP contribution in [0.15, 0.2) is 27.9 Å². The van der Waals surface area contributed by atoms with E-state index in [9.17, 15) is 9.59 Å². The Kier molecular flexibility index (Phi) is 6.02. The number of allylic oxidation sites excluding steroid dienone is 1. The summed E-state index contributed by atoms with van der Waals surface area (Å²) in [4.78, 5) is 23.0. The predicted molar refractivity (Wildman–Crippen MR) is 100 cm³/mol. The van der Waals surface area contributed by atoms with E-state index in [1.165, 1.54) is 14.0 Å². The van der Waals surface area contributed by atoms with Crippen LogP contribution >= 0.6 is 28.1 Å². The molecule has 4 N–H and O–H groups in total. The fourth-order valence-corrected chi connectivity index (χ4v) is 3.45. The molecular formula is C16H18BrN3O4S. The third-order valence-electron chi connectivity index (χ3n) is 3.59. The third-order valence-corrected chi connectivity index (χ3v) is 4.40. The number of halogens is 1. The lowest BCUT2D eigenvalue weighted by atomic mass is 9.93. The summed E-state index contributed by atoms with van der Waals surface area (Å²) in [7, 11) is 1.48. The molecule has 0 unspecified atom stereocenters. The summed E-state index contributed by atoms with van der Waals surface area (Å²) in [6.07, 6.45) is 0. The smallest absolute Gasteiger partial charge is 0.255 e. The van der Waals surface area contributed by atoms with Gasteiger partial charge in [-0.1, -0.05) is 0 Å². The molecule has 1 atom stereocenters. The van der Waals surface area contributed by atoms with E-state index in [1.54, 1.807) is 19.1 Å². The second kappa shape index (κ2) is 7.83. The van der Waals surface area contributed by atoms with Crippen LogP contribution in [-0.4, -0.2) is 30.5 Å².